The molecule has 0 amide bonds. The normalized spacial score (nSPS) is 11.6. The molecule has 0 atom stereocenters. The molecule has 29 heavy (non-hydrogen) atoms. The molecule has 1 N–H and O–H groups in total. The molecule has 0 spiro atoms. The molecule has 0 bridgehead atoms. The minimum Gasteiger partial charge on any atom is -0.468 e. The predicted molar refractivity (Wildman–Crippen MR) is 99.3 cm³/mol. The minimum atomic E-state index is -4.40. The fourth-order valence-corrected chi connectivity index (χ4v) is 2.64. The summed E-state index contributed by atoms with van der Waals surface area (Å²) in [4.78, 5) is 12.6. The topological polar surface area (TPSA) is 77.2 Å². The number of alkyl halides is 3. The molecule has 0 unspecified atom stereocenters. The first-order valence-electron chi connectivity index (χ1n) is 8.62. The van der Waals surface area contributed by atoms with Crippen LogP contribution in [0.25, 0.3) is 17.0 Å². The number of halogens is 3. The number of anilines is 1. The van der Waals surface area contributed by atoms with Crippen molar-refractivity contribution in [1.82, 2.24) is 24.6 Å². The van der Waals surface area contributed by atoms with E-state index in [0.29, 0.717) is 18.1 Å². The lowest BCUT2D eigenvalue weighted by Crippen LogP contribution is -2.19. The van der Waals surface area contributed by atoms with Crippen molar-refractivity contribution in [3.05, 3.63) is 66.6 Å². The van der Waals surface area contributed by atoms with Crippen molar-refractivity contribution in [2.45, 2.75) is 12.7 Å². The van der Waals surface area contributed by atoms with Crippen LogP contribution in [-0.2, 0) is 6.54 Å². The van der Waals surface area contributed by atoms with E-state index in [1.165, 1.54) is 18.6 Å². The standard InChI is InChI=1S/C19H15F3N6O/c20-19(21,22)11-29-17-7-6-13(10-24-17)9-23-16-8-15(14-4-2-1-3-5-14)27-18-25-12-26-28(16)18/h1-8,10,12,23H,9,11H2. The molecule has 0 saturated heterocycles. The first kappa shape index (κ1) is 18.7. The summed E-state index contributed by atoms with van der Waals surface area (Å²) in [5, 5.41) is 7.40. The summed E-state index contributed by atoms with van der Waals surface area (Å²) in [7, 11) is 0. The van der Waals surface area contributed by atoms with E-state index in [0.717, 1.165) is 16.8 Å². The summed E-state index contributed by atoms with van der Waals surface area (Å²) in [6.45, 7) is -0.999. The summed E-state index contributed by atoms with van der Waals surface area (Å²) in [6.07, 6.45) is -1.53. The molecule has 1 aromatic carbocycles. The highest BCUT2D eigenvalue weighted by Crippen LogP contribution is 2.22. The Balaban J connectivity index is 1.50. The number of hydrogen-bond acceptors (Lipinski definition) is 6. The molecule has 10 heteroatoms. The van der Waals surface area contributed by atoms with E-state index in [-0.39, 0.29) is 5.88 Å². The summed E-state index contributed by atoms with van der Waals surface area (Å²) in [5.74, 6) is 1.03. The first-order valence-corrected chi connectivity index (χ1v) is 8.62. The lowest BCUT2D eigenvalue weighted by atomic mass is 10.1. The van der Waals surface area contributed by atoms with Crippen LogP contribution in [0.1, 0.15) is 5.56 Å². The van der Waals surface area contributed by atoms with Crippen LogP contribution in [0.15, 0.2) is 61.1 Å². The lowest BCUT2D eigenvalue weighted by molar-refractivity contribution is -0.154. The maximum Gasteiger partial charge on any atom is 0.422 e. The van der Waals surface area contributed by atoms with Gasteiger partial charge in [-0.2, -0.15) is 27.8 Å². The van der Waals surface area contributed by atoms with Crippen LogP contribution in [0.4, 0.5) is 19.0 Å². The van der Waals surface area contributed by atoms with Gasteiger partial charge in [0, 0.05) is 30.4 Å². The van der Waals surface area contributed by atoms with Gasteiger partial charge in [-0.05, 0) is 5.56 Å². The number of nitrogens with one attached hydrogen (secondary N) is 1. The van der Waals surface area contributed by atoms with Crippen LogP contribution in [0.5, 0.6) is 5.88 Å². The largest absolute Gasteiger partial charge is 0.468 e. The second kappa shape index (κ2) is 7.74. The van der Waals surface area contributed by atoms with Crippen molar-refractivity contribution in [3.8, 4) is 17.1 Å². The molecule has 0 aliphatic carbocycles. The molecule has 4 rings (SSSR count). The summed E-state index contributed by atoms with van der Waals surface area (Å²) in [6, 6.07) is 14.6. The number of pyridine rings is 1. The van der Waals surface area contributed by atoms with Crippen molar-refractivity contribution in [3.63, 3.8) is 0 Å². The lowest BCUT2D eigenvalue weighted by Gasteiger charge is -2.11. The van der Waals surface area contributed by atoms with Crippen LogP contribution in [-0.4, -0.2) is 37.3 Å². The van der Waals surface area contributed by atoms with Gasteiger partial charge in [-0.15, -0.1) is 0 Å². The number of nitrogens with zero attached hydrogens (tertiary/aromatic N) is 5. The van der Waals surface area contributed by atoms with Gasteiger partial charge in [0.2, 0.25) is 5.88 Å². The Morgan fingerprint density at radius 1 is 1.03 bits per heavy atom. The molecular weight excluding hydrogens is 385 g/mol. The smallest absolute Gasteiger partial charge is 0.422 e. The highest BCUT2D eigenvalue weighted by atomic mass is 19.4. The van der Waals surface area contributed by atoms with Crippen molar-refractivity contribution in [1.29, 1.82) is 0 Å². The molecule has 0 saturated carbocycles. The third kappa shape index (κ3) is 4.60. The fourth-order valence-electron chi connectivity index (χ4n) is 2.64. The highest BCUT2D eigenvalue weighted by Gasteiger charge is 2.28. The van der Waals surface area contributed by atoms with E-state index < -0.39 is 12.8 Å². The van der Waals surface area contributed by atoms with E-state index in [1.54, 1.807) is 10.6 Å². The average molecular weight is 400 g/mol. The van der Waals surface area contributed by atoms with Gasteiger partial charge in [-0.3, -0.25) is 0 Å². The Morgan fingerprint density at radius 3 is 2.59 bits per heavy atom. The van der Waals surface area contributed by atoms with Crippen LogP contribution in [0.2, 0.25) is 0 Å². The minimum absolute atomic E-state index is 0.0833. The van der Waals surface area contributed by atoms with Gasteiger partial charge in [-0.25, -0.2) is 9.97 Å². The van der Waals surface area contributed by atoms with Gasteiger partial charge in [-0.1, -0.05) is 36.4 Å². The molecular formula is C19H15F3N6O. The zero-order chi connectivity index (χ0) is 20.3. The van der Waals surface area contributed by atoms with Crippen molar-refractivity contribution in [2.24, 2.45) is 0 Å². The number of benzene rings is 1. The van der Waals surface area contributed by atoms with E-state index in [9.17, 15) is 13.2 Å². The number of rotatable bonds is 6. The van der Waals surface area contributed by atoms with E-state index >= 15 is 0 Å². The Labute approximate surface area is 163 Å². The molecule has 3 heterocycles. The zero-order valence-electron chi connectivity index (χ0n) is 15.0. The second-order valence-electron chi connectivity index (χ2n) is 6.13. The summed E-state index contributed by atoms with van der Waals surface area (Å²) in [5.41, 5.74) is 2.44. The number of ether oxygens (including phenoxy) is 1. The molecule has 7 nitrogen and oxygen atoms in total. The number of hydrogen-bond donors (Lipinski definition) is 1. The first-order chi connectivity index (χ1) is 14.0. The average Bonchev–Trinajstić information content (AvgIpc) is 3.20. The van der Waals surface area contributed by atoms with Gasteiger partial charge in [0.25, 0.3) is 5.78 Å². The summed E-state index contributed by atoms with van der Waals surface area (Å²) < 4.78 is 42.8. The predicted octanol–water partition coefficient (Wildman–Crippen LogP) is 3.74. The van der Waals surface area contributed by atoms with Gasteiger partial charge in [0.1, 0.15) is 12.1 Å². The third-order valence-corrected chi connectivity index (χ3v) is 3.98. The molecule has 148 valence electrons. The van der Waals surface area contributed by atoms with E-state index in [4.69, 9.17) is 0 Å². The molecule has 0 radical (unpaired) electrons. The van der Waals surface area contributed by atoms with Gasteiger partial charge >= 0.3 is 6.18 Å². The second-order valence-corrected chi connectivity index (χ2v) is 6.13. The maximum atomic E-state index is 12.2. The molecule has 4 aromatic rings. The van der Waals surface area contributed by atoms with Crippen LogP contribution in [0.3, 0.4) is 0 Å². The quantitative estimate of drug-likeness (QED) is 0.531. The van der Waals surface area contributed by atoms with Crippen molar-refractivity contribution < 1.29 is 17.9 Å². The third-order valence-electron chi connectivity index (χ3n) is 3.98. The molecule has 0 aliphatic heterocycles. The Bertz CT molecular complexity index is 1100. The molecule has 3 aromatic heterocycles. The van der Waals surface area contributed by atoms with Gasteiger partial charge in [0.15, 0.2) is 6.61 Å². The number of fused-ring (bicyclic) bond motifs is 1. The number of aromatic nitrogens is 5. The van der Waals surface area contributed by atoms with Crippen molar-refractivity contribution >= 4 is 11.6 Å². The van der Waals surface area contributed by atoms with Crippen LogP contribution >= 0.6 is 0 Å². The Hall–Kier alpha value is -3.69. The Morgan fingerprint density at radius 2 is 1.86 bits per heavy atom. The zero-order valence-corrected chi connectivity index (χ0v) is 15.0. The van der Waals surface area contributed by atoms with Crippen LogP contribution in [0, 0.1) is 0 Å². The fraction of sp³-hybridized carbons (Fsp3) is 0.158. The van der Waals surface area contributed by atoms with E-state index in [1.807, 2.05) is 36.4 Å². The highest BCUT2D eigenvalue weighted by molar-refractivity contribution is 5.65. The monoisotopic (exact) mass is 400 g/mol. The van der Waals surface area contributed by atoms with Crippen LogP contribution < -0.4 is 10.1 Å². The molecule has 0 aliphatic rings. The molecule has 0 fully saturated rings. The Kier molecular flexibility index (Phi) is 4.98. The SMILES string of the molecule is FC(F)(F)COc1ccc(CNc2cc(-c3ccccc3)nc3ncnn23)cn1. The van der Waals surface area contributed by atoms with E-state index in [2.05, 4.69) is 30.1 Å². The maximum absolute atomic E-state index is 12.2. The van der Waals surface area contributed by atoms with Crippen molar-refractivity contribution in [2.75, 3.05) is 11.9 Å². The summed E-state index contributed by atoms with van der Waals surface area (Å²) >= 11 is 0. The van der Waals surface area contributed by atoms with Gasteiger partial charge < -0.3 is 10.1 Å². The van der Waals surface area contributed by atoms with Gasteiger partial charge in [0.05, 0.1) is 5.69 Å².